The third kappa shape index (κ3) is 4.75. The summed E-state index contributed by atoms with van der Waals surface area (Å²) in [6.07, 6.45) is -0.0159. The van der Waals surface area contributed by atoms with Crippen LogP contribution in [0.4, 0.5) is 4.39 Å². The van der Waals surface area contributed by atoms with Gasteiger partial charge in [0, 0.05) is 12.1 Å². The Morgan fingerprint density at radius 3 is 2.31 bits per heavy atom. The van der Waals surface area contributed by atoms with Crippen LogP contribution >= 0.6 is 0 Å². The van der Waals surface area contributed by atoms with Crippen molar-refractivity contribution in [1.82, 2.24) is 4.90 Å². The van der Waals surface area contributed by atoms with E-state index in [4.69, 9.17) is 4.74 Å². The van der Waals surface area contributed by atoms with Crippen LogP contribution in [0.5, 0.6) is 0 Å². The molecule has 1 atom stereocenters. The van der Waals surface area contributed by atoms with Crippen LogP contribution in [-0.4, -0.2) is 41.0 Å². The van der Waals surface area contributed by atoms with Crippen LogP contribution in [0.15, 0.2) is 48.0 Å². The van der Waals surface area contributed by atoms with Crippen molar-refractivity contribution in [3.05, 3.63) is 76.1 Å². The molecule has 2 aromatic carbocycles. The van der Waals surface area contributed by atoms with Crippen molar-refractivity contribution in [2.45, 2.75) is 52.7 Å². The van der Waals surface area contributed by atoms with E-state index in [-0.39, 0.29) is 30.6 Å². The Kier molecular flexibility index (Phi) is 7.14. The third-order valence-corrected chi connectivity index (χ3v) is 5.67. The molecule has 1 aliphatic heterocycles. The fraction of sp³-hybridized carbons (Fsp3) is 0.385. The Morgan fingerprint density at radius 1 is 1.09 bits per heavy atom. The maximum atomic E-state index is 13.7. The van der Waals surface area contributed by atoms with E-state index >= 15 is 0 Å². The maximum Gasteiger partial charge on any atom is 0.295 e. The molecule has 1 saturated heterocycles. The van der Waals surface area contributed by atoms with Crippen molar-refractivity contribution in [2.24, 2.45) is 0 Å². The number of aliphatic hydroxyl groups excluding tert-OH is 1. The molecular weight excluding hydrogens is 409 g/mol. The van der Waals surface area contributed by atoms with E-state index in [0.717, 1.165) is 11.1 Å². The molecule has 1 aliphatic rings. The Balaban J connectivity index is 2.10. The van der Waals surface area contributed by atoms with E-state index in [0.29, 0.717) is 17.0 Å². The van der Waals surface area contributed by atoms with Gasteiger partial charge in [-0.1, -0.05) is 38.1 Å². The standard InChI is InChI=1S/C26H30FNO4/c1-15(2)18-6-8-19(9-7-18)23-22(24(29)20-10-11-21(27)17(5)14-20)25(30)26(31)28(23)12-13-32-16(3)4/h6-11,14-16,23,29H,12-13H2,1-5H3/b24-22-. The van der Waals surface area contributed by atoms with Gasteiger partial charge in [0.05, 0.1) is 24.3 Å². The predicted molar refractivity (Wildman–Crippen MR) is 122 cm³/mol. The number of carbonyl (C=O) groups is 2. The number of ether oxygens (including phenoxy) is 1. The largest absolute Gasteiger partial charge is 0.507 e. The molecule has 0 radical (unpaired) electrons. The third-order valence-electron chi connectivity index (χ3n) is 5.67. The van der Waals surface area contributed by atoms with Crippen LogP contribution in [0.1, 0.15) is 61.9 Å². The Labute approximate surface area is 188 Å². The first-order valence-electron chi connectivity index (χ1n) is 10.9. The lowest BCUT2D eigenvalue weighted by Gasteiger charge is -2.26. The average molecular weight is 440 g/mol. The number of benzene rings is 2. The molecule has 0 bridgehead atoms. The zero-order valence-electron chi connectivity index (χ0n) is 19.2. The molecule has 1 heterocycles. The highest BCUT2D eigenvalue weighted by Gasteiger charge is 2.45. The van der Waals surface area contributed by atoms with Crippen molar-refractivity contribution >= 4 is 17.4 Å². The van der Waals surface area contributed by atoms with E-state index in [2.05, 4.69) is 13.8 Å². The summed E-state index contributed by atoms with van der Waals surface area (Å²) in [5, 5.41) is 11.1. The van der Waals surface area contributed by atoms with Gasteiger partial charge in [0.2, 0.25) is 0 Å². The van der Waals surface area contributed by atoms with E-state index in [1.54, 1.807) is 6.92 Å². The molecule has 1 N–H and O–H groups in total. The van der Waals surface area contributed by atoms with Crippen LogP contribution in [0.2, 0.25) is 0 Å². The number of aryl methyl sites for hydroxylation is 1. The van der Waals surface area contributed by atoms with Gasteiger partial charge < -0.3 is 14.7 Å². The van der Waals surface area contributed by atoms with Gasteiger partial charge in [0.15, 0.2) is 0 Å². The minimum atomic E-state index is -0.757. The molecule has 0 spiro atoms. The second kappa shape index (κ2) is 9.65. The molecule has 0 aromatic heterocycles. The van der Waals surface area contributed by atoms with Crippen molar-refractivity contribution in [3.63, 3.8) is 0 Å². The number of halogens is 1. The van der Waals surface area contributed by atoms with Gasteiger partial charge >= 0.3 is 0 Å². The number of nitrogens with zero attached hydrogens (tertiary/aromatic N) is 1. The minimum Gasteiger partial charge on any atom is -0.507 e. The molecule has 32 heavy (non-hydrogen) atoms. The summed E-state index contributed by atoms with van der Waals surface area (Å²) >= 11 is 0. The fourth-order valence-corrected chi connectivity index (χ4v) is 3.85. The number of hydrogen-bond acceptors (Lipinski definition) is 4. The Morgan fingerprint density at radius 2 is 1.75 bits per heavy atom. The number of rotatable bonds is 7. The minimum absolute atomic E-state index is 0.00264. The number of likely N-dealkylation sites (tertiary alicyclic amines) is 1. The number of Topliss-reactive ketones (excluding diaryl/α,β-unsaturated/α-hetero) is 1. The monoisotopic (exact) mass is 439 g/mol. The number of aliphatic hydroxyl groups is 1. The SMILES string of the molecule is Cc1cc(/C(O)=C2/C(=O)C(=O)N(CCOC(C)C)C2c2ccc(C(C)C)cc2)ccc1F. The Bertz CT molecular complexity index is 1040. The molecule has 170 valence electrons. The predicted octanol–water partition coefficient (Wildman–Crippen LogP) is 5.10. The quantitative estimate of drug-likeness (QED) is 0.370. The molecule has 5 nitrogen and oxygen atoms in total. The van der Waals surface area contributed by atoms with Crippen molar-refractivity contribution in [3.8, 4) is 0 Å². The molecule has 2 aromatic rings. The molecule has 1 amide bonds. The Hall–Kier alpha value is -2.99. The van der Waals surface area contributed by atoms with Gasteiger partial charge in [-0.15, -0.1) is 0 Å². The van der Waals surface area contributed by atoms with Gasteiger partial charge in [0.1, 0.15) is 11.6 Å². The summed E-state index contributed by atoms with van der Waals surface area (Å²) in [4.78, 5) is 27.4. The highest BCUT2D eigenvalue weighted by molar-refractivity contribution is 6.46. The number of amides is 1. The summed E-state index contributed by atoms with van der Waals surface area (Å²) in [5.74, 6) is -1.83. The number of hydrogen-bond donors (Lipinski definition) is 1. The highest BCUT2D eigenvalue weighted by Crippen LogP contribution is 2.39. The zero-order chi connectivity index (χ0) is 23.6. The normalized spacial score (nSPS) is 18.2. The average Bonchev–Trinajstić information content (AvgIpc) is 3.00. The van der Waals surface area contributed by atoms with Crippen molar-refractivity contribution in [2.75, 3.05) is 13.2 Å². The van der Waals surface area contributed by atoms with Gasteiger partial charge in [-0.2, -0.15) is 0 Å². The molecule has 1 fully saturated rings. The second-order valence-electron chi connectivity index (χ2n) is 8.70. The smallest absolute Gasteiger partial charge is 0.295 e. The van der Waals surface area contributed by atoms with E-state index in [9.17, 15) is 19.1 Å². The number of carbonyl (C=O) groups excluding carboxylic acids is 2. The van der Waals surface area contributed by atoms with Crippen LogP contribution < -0.4 is 0 Å². The molecular formula is C26H30FNO4. The first-order chi connectivity index (χ1) is 15.1. The summed E-state index contributed by atoms with van der Waals surface area (Å²) < 4.78 is 19.4. The topological polar surface area (TPSA) is 66.8 Å². The first kappa shape index (κ1) is 23.7. The van der Waals surface area contributed by atoms with Crippen LogP contribution in [0.25, 0.3) is 5.76 Å². The molecule has 0 aliphatic carbocycles. The molecule has 6 heteroatoms. The summed E-state index contributed by atoms with van der Waals surface area (Å²) in [6, 6.07) is 11.1. The molecule has 3 rings (SSSR count). The highest BCUT2D eigenvalue weighted by atomic mass is 19.1. The summed E-state index contributed by atoms with van der Waals surface area (Å²) in [7, 11) is 0. The lowest BCUT2D eigenvalue weighted by atomic mass is 9.93. The van der Waals surface area contributed by atoms with Crippen LogP contribution in [-0.2, 0) is 14.3 Å². The van der Waals surface area contributed by atoms with Gasteiger partial charge in [-0.05, 0) is 61.6 Å². The lowest BCUT2D eigenvalue weighted by molar-refractivity contribution is -0.140. The molecule has 1 unspecified atom stereocenters. The van der Waals surface area contributed by atoms with Crippen molar-refractivity contribution in [1.29, 1.82) is 0 Å². The summed E-state index contributed by atoms with van der Waals surface area (Å²) in [5.41, 5.74) is 2.49. The van der Waals surface area contributed by atoms with E-state index < -0.39 is 23.5 Å². The van der Waals surface area contributed by atoms with Crippen LogP contribution in [0, 0.1) is 12.7 Å². The zero-order valence-corrected chi connectivity index (χ0v) is 19.2. The van der Waals surface area contributed by atoms with Gasteiger partial charge in [0.25, 0.3) is 11.7 Å². The number of ketones is 1. The van der Waals surface area contributed by atoms with Gasteiger partial charge in [-0.3, -0.25) is 9.59 Å². The van der Waals surface area contributed by atoms with Crippen LogP contribution in [0.3, 0.4) is 0 Å². The maximum absolute atomic E-state index is 13.7. The van der Waals surface area contributed by atoms with Crippen molar-refractivity contribution < 1.29 is 23.8 Å². The first-order valence-corrected chi connectivity index (χ1v) is 10.9. The molecule has 0 saturated carbocycles. The van der Waals surface area contributed by atoms with Gasteiger partial charge in [-0.25, -0.2) is 4.39 Å². The lowest BCUT2D eigenvalue weighted by Crippen LogP contribution is -2.33. The second-order valence-corrected chi connectivity index (χ2v) is 8.70. The summed E-state index contributed by atoms with van der Waals surface area (Å²) in [6.45, 7) is 10.0. The fourth-order valence-electron chi connectivity index (χ4n) is 3.85. The van der Waals surface area contributed by atoms with E-state index in [1.165, 1.54) is 23.1 Å². The van der Waals surface area contributed by atoms with E-state index in [1.807, 2.05) is 38.1 Å².